The van der Waals surface area contributed by atoms with Gasteiger partial charge in [0, 0.05) is 24.7 Å². The van der Waals surface area contributed by atoms with Crippen molar-refractivity contribution in [1.29, 1.82) is 0 Å². The van der Waals surface area contributed by atoms with Gasteiger partial charge in [-0.3, -0.25) is 4.98 Å². The minimum Gasteiger partial charge on any atom is -0.447 e. The van der Waals surface area contributed by atoms with E-state index in [9.17, 15) is 14.0 Å². The predicted octanol–water partition coefficient (Wildman–Crippen LogP) is 1.39. The van der Waals surface area contributed by atoms with Crippen molar-refractivity contribution in [2.75, 3.05) is 32.8 Å². The van der Waals surface area contributed by atoms with Gasteiger partial charge in [0.05, 0.1) is 19.3 Å². The number of nitrogens with zero attached hydrogens (tertiary/aromatic N) is 3. The fourth-order valence-corrected chi connectivity index (χ4v) is 5.05. The van der Waals surface area contributed by atoms with E-state index in [-0.39, 0.29) is 22.8 Å². The Morgan fingerprint density at radius 2 is 2.00 bits per heavy atom. The number of likely N-dealkylation sites (tertiary alicyclic amines) is 2. The number of hydrogen-bond donors (Lipinski definition) is 1. The Hall–Kier alpha value is -2.38. The molecule has 3 aliphatic heterocycles. The first-order valence-electron chi connectivity index (χ1n) is 9.03. The van der Waals surface area contributed by atoms with Gasteiger partial charge in [0.15, 0.2) is 0 Å². The second kappa shape index (κ2) is 5.31. The molecule has 0 aromatic carbocycles. The van der Waals surface area contributed by atoms with Crippen LogP contribution in [0.3, 0.4) is 0 Å². The van der Waals surface area contributed by atoms with E-state index in [1.54, 1.807) is 17.2 Å². The highest BCUT2D eigenvalue weighted by atomic mass is 19.1. The van der Waals surface area contributed by atoms with Crippen molar-refractivity contribution >= 4 is 12.1 Å². The first-order valence-corrected chi connectivity index (χ1v) is 9.03. The summed E-state index contributed by atoms with van der Waals surface area (Å²) >= 11 is 0. The number of halogens is 1. The minimum atomic E-state index is -0.394. The molecule has 0 unspecified atom stereocenters. The Bertz CT molecular complexity index is 765. The van der Waals surface area contributed by atoms with E-state index < -0.39 is 6.09 Å². The zero-order valence-corrected chi connectivity index (χ0v) is 14.4. The number of rotatable bonds is 2. The third-order valence-electron chi connectivity index (χ3n) is 6.16. The van der Waals surface area contributed by atoms with E-state index >= 15 is 0 Å². The van der Waals surface area contributed by atoms with Crippen LogP contribution in [0.2, 0.25) is 0 Å². The normalized spacial score (nSPS) is 25.3. The molecule has 7 nitrogen and oxygen atoms in total. The van der Waals surface area contributed by atoms with Crippen LogP contribution >= 0.6 is 0 Å². The van der Waals surface area contributed by atoms with Gasteiger partial charge < -0.3 is 19.9 Å². The van der Waals surface area contributed by atoms with Crippen LogP contribution < -0.4 is 5.32 Å². The van der Waals surface area contributed by atoms with Crippen molar-refractivity contribution in [1.82, 2.24) is 20.1 Å². The van der Waals surface area contributed by atoms with Crippen molar-refractivity contribution in [3.05, 3.63) is 29.8 Å². The Balaban J connectivity index is 1.08. The summed E-state index contributed by atoms with van der Waals surface area (Å²) in [6.45, 7) is 2.99. The first kappa shape index (κ1) is 15.8. The zero-order valence-electron chi connectivity index (χ0n) is 14.4. The molecule has 26 heavy (non-hydrogen) atoms. The third kappa shape index (κ3) is 2.50. The summed E-state index contributed by atoms with van der Waals surface area (Å²) in [4.78, 5) is 31.3. The molecular formula is C18H21FN4O3. The monoisotopic (exact) mass is 360 g/mol. The van der Waals surface area contributed by atoms with Gasteiger partial charge in [0.2, 0.25) is 0 Å². The van der Waals surface area contributed by atoms with Crippen molar-refractivity contribution in [2.24, 2.45) is 11.3 Å². The molecular weight excluding hydrogens is 339 g/mol. The summed E-state index contributed by atoms with van der Waals surface area (Å²) < 4.78 is 18.2. The number of carbonyl (C=O) groups excluding carboxylic acids is 2. The molecule has 1 N–H and O–H groups in total. The average molecular weight is 360 g/mol. The fraction of sp³-hybridized carbons (Fsp3) is 0.611. The van der Waals surface area contributed by atoms with Gasteiger partial charge >= 0.3 is 12.1 Å². The molecule has 2 spiro atoms. The maximum Gasteiger partial charge on any atom is 0.407 e. The molecule has 0 radical (unpaired) electrons. The smallest absolute Gasteiger partial charge is 0.407 e. The summed E-state index contributed by atoms with van der Waals surface area (Å²) in [5.74, 6) is 0.266. The molecule has 0 bridgehead atoms. The summed E-state index contributed by atoms with van der Waals surface area (Å²) in [5, 5.41) is 2.79. The lowest BCUT2D eigenvalue weighted by Crippen LogP contribution is -2.74. The predicted molar refractivity (Wildman–Crippen MR) is 88.8 cm³/mol. The standard InChI is InChI=1S/C18H21FN4O3/c19-14-2-12(5-20-6-14)1-13-3-17(4-13)7-22(8-17)16(25)23-9-18(10-23)11-26-15(24)21-18/h2,5-6,13H,1,3-4,7-11H2,(H,21,24). The SMILES string of the molecule is O=C1NC2(CO1)CN(C(=O)N1CC3(CC(Cc4cncc(F)c4)C3)C1)C2. The molecule has 4 fully saturated rings. The molecule has 0 atom stereocenters. The number of aromatic nitrogens is 1. The molecule has 3 amide bonds. The molecule has 138 valence electrons. The van der Waals surface area contributed by atoms with Crippen molar-refractivity contribution < 1.29 is 18.7 Å². The van der Waals surface area contributed by atoms with Gasteiger partial charge in [-0.2, -0.15) is 0 Å². The molecule has 3 saturated heterocycles. The number of amides is 3. The highest BCUT2D eigenvalue weighted by Crippen LogP contribution is 2.53. The van der Waals surface area contributed by atoms with Crippen LogP contribution in [0.15, 0.2) is 18.5 Å². The molecule has 1 aliphatic carbocycles. The highest BCUT2D eigenvalue weighted by molar-refractivity contribution is 5.78. The number of carbonyl (C=O) groups is 2. The van der Waals surface area contributed by atoms with E-state index in [2.05, 4.69) is 10.3 Å². The van der Waals surface area contributed by atoms with Crippen LogP contribution in [0.4, 0.5) is 14.0 Å². The second-order valence-corrected chi connectivity index (χ2v) is 8.47. The van der Waals surface area contributed by atoms with Crippen LogP contribution in [0.1, 0.15) is 18.4 Å². The number of ether oxygens (including phenoxy) is 1. The molecule has 4 heterocycles. The van der Waals surface area contributed by atoms with Gasteiger partial charge in [-0.1, -0.05) is 0 Å². The lowest BCUT2D eigenvalue weighted by atomic mass is 9.56. The minimum absolute atomic E-state index is 0.0557. The van der Waals surface area contributed by atoms with Crippen molar-refractivity contribution in [3.63, 3.8) is 0 Å². The van der Waals surface area contributed by atoms with Crippen LogP contribution in [-0.4, -0.2) is 65.2 Å². The lowest BCUT2D eigenvalue weighted by molar-refractivity contribution is -0.0827. The Labute approximate surface area is 150 Å². The Morgan fingerprint density at radius 3 is 2.65 bits per heavy atom. The summed E-state index contributed by atoms with van der Waals surface area (Å²) in [6.07, 6.45) is 5.59. The van der Waals surface area contributed by atoms with Gasteiger partial charge in [0.25, 0.3) is 0 Å². The zero-order chi connectivity index (χ0) is 17.9. The molecule has 1 aromatic heterocycles. The maximum atomic E-state index is 13.2. The summed E-state index contributed by atoms with van der Waals surface area (Å²) in [6, 6.07) is 1.61. The van der Waals surface area contributed by atoms with Crippen LogP contribution in [0.25, 0.3) is 0 Å². The number of cyclic esters (lactones) is 1. The lowest BCUT2D eigenvalue weighted by Gasteiger charge is -2.61. The number of urea groups is 1. The summed E-state index contributed by atoms with van der Waals surface area (Å²) in [5.41, 5.74) is 0.841. The number of pyridine rings is 1. The fourth-order valence-electron chi connectivity index (χ4n) is 5.05. The van der Waals surface area contributed by atoms with Gasteiger partial charge in [0.1, 0.15) is 18.0 Å². The van der Waals surface area contributed by atoms with E-state index in [4.69, 9.17) is 4.74 Å². The van der Waals surface area contributed by atoms with Gasteiger partial charge in [-0.25, -0.2) is 14.0 Å². The second-order valence-electron chi connectivity index (χ2n) is 8.47. The van der Waals surface area contributed by atoms with E-state index in [0.29, 0.717) is 25.6 Å². The third-order valence-corrected chi connectivity index (χ3v) is 6.16. The average Bonchev–Trinajstić information content (AvgIpc) is 2.88. The quantitative estimate of drug-likeness (QED) is 0.865. The molecule has 1 saturated carbocycles. The van der Waals surface area contributed by atoms with E-state index in [1.807, 2.05) is 4.90 Å². The molecule has 4 aliphatic rings. The largest absolute Gasteiger partial charge is 0.447 e. The topological polar surface area (TPSA) is 74.8 Å². The molecule has 8 heteroatoms. The number of alkyl carbamates (subject to hydrolysis) is 1. The maximum absolute atomic E-state index is 13.2. The van der Waals surface area contributed by atoms with Gasteiger partial charge in [-0.15, -0.1) is 0 Å². The molecule has 5 rings (SSSR count). The van der Waals surface area contributed by atoms with Crippen LogP contribution in [0, 0.1) is 17.2 Å². The van der Waals surface area contributed by atoms with E-state index in [0.717, 1.165) is 37.9 Å². The van der Waals surface area contributed by atoms with Crippen LogP contribution in [0.5, 0.6) is 0 Å². The van der Waals surface area contributed by atoms with Gasteiger partial charge in [-0.05, 0) is 36.8 Å². The highest BCUT2D eigenvalue weighted by Gasteiger charge is 2.57. The summed E-state index contributed by atoms with van der Waals surface area (Å²) in [7, 11) is 0. The Morgan fingerprint density at radius 1 is 1.27 bits per heavy atom. The van der Waals surface area contributed by atoms with Crippen molar-refractivity contribution in [3.8, 4) is 0 Å². The first-order chi connectivity index (χ1) is 12.4. The Kier molecular flexibility index (Phi) is 3.24. The number of nitrogens with one attached hydrogen (secondary N) is 1. The molecule has 1 aromatic rings. The number of hydrogen-bond acceptors (Lipinski definition) is 4. The van der Waals surface area contributed by atoms with Crippen molar-refractivity contribution in [2.45, 2.75) is 24.8 Å². The van der Waals surface area contributed by atoms with E-state index in [1.165, 1.54) is 6.20 Å². The van der Waals surface area contributed by atoms with Crippen LogP contribution in [-0.2, 0) is 11.2 Å².